The molecule has 1 N–H and O–H groups in total. The maximum atomic E-state index is 12.4. The molecule has 0 unspecified atom stereocenters. The van der Waals surface area contributed by atoms with Crippen LogP contribution in [0.1, 0.15) is 11.5 Å². The third-order valence-corrected chi connectivity index (χ3v) is 3.94. The number of carbonyl (C=O) groups excluding carboxylic acids is 1. The molecule has 6 heteroatoms. The summed E-state index contributed by atoms with van der Waals surface area (Å²) in [5.41, 5.74) is 6.01. The quantitative estimate of drug-likeness (QED) is 0.622. The Kier molecular flexibility index (Phi) is 3.78. The van der Waals surface area contributed by atoms with E-state index in [0.717, 1.165) is 16.6 Å². The number of benzene rings is 2. The Balaban J connectivity index is 1.52. The van der Waals surface area contributed by atoms with Crippen LogP contribution in [0.3, 0.4) is 0 Å². The molecule has 0 radical (unpaired) electrons. The van der Waals surface area contributed by atoms with Gasteiger partial charge in [-0.05, 0) is 31.2 Å². The summed E-state index contributed by atoms with van der Waals surface area (Å²) in [5.74, 6) is 0.984. The van der Waals surface area contributed by atoms with Crippen molar-refractivity contribution in [2.75, 3.05) is 5.43 Å². The lowest BCUT2D eigenvalue weighted by Gasteiger charge is -2.05. The fourth-order valence-electron chi connectivity index (χ4n) is 2.67. The van der Waals surface area contributed by atoms with Crippen molar-refractivity contribution in [1.82, 2.24) is 14.6 Å². The van der Waals surface area contributed by atoms with E-state index < -0.39 is 0 Å². The first-order valence-corrected chi connectivity index (χ1v) is 7.94. The molecule has 1 amide bonds. The number of amides is 1. The molecule has 0 fully saturated rings. The van der Waals surface area contributed by atoms with Crippen LogP contribution in [0.5, 0.6) is 0 Å². The number of oxazole rings is 1. The molecule has 124 valence electrons. The number of imidazole rings is 1. The van der Waals surface area contributed by atoms with Crippen LogP contribution >= 0.6 is 0 Å². The van der Waals surface area contributed by atoms with Crippen molar-refractivity contribution in [3.63, 3.8) is 0 Å². The molecular formula is C19H16N4O2. The van der Waals surface area contributed by atoms with Crippen LogP contribution in [-0.4, -0.2) is 20.6 Å². The number of nitrogens with zero attached hydrogens (tertiary/aromatic N) is 3. The first-order valence-electron chi connectivity index (χ1n) is 7.94. The molecule has 4 aromatic rings. The standard InChI is InChI=1S/C19H16N4O2/c1-13-16(21-19(25-13)14-7-3-2-4-8-14)11-18(24)22-23-12-20-15-9-5-6-10-17(15)23/h2-10,12H,11H2,1H3,(H,22,24). The zero-order valence-corrected chi connectivity index (χ0v) is 13.6. The van der Waals surface area contributed by atoms with E-state index in [2.05, 4.69) is 15.4 Å². The number of aromatic nitrogens is 3. The minimum atomic E-state index is -0.181. The highest BCUT2D eigenvalue weighted by Crippen LogP contribution is 2.21. The third-order valence-electron chi connectivity index (χ3n) is 3.94. The summed E-state index contributed by atoms with van der Waals surface area (Å²) in [6.07, 6.45) is 1.72. The van der Waals surface area contributed by atoms with Gasteiger partial charge in [0.05, 0.1) is 23.1 Å². The van der Waals surface area contributed by atoms with Crippen LogP contribution in [0.15, 0.2) is 65.3 Å². The van der Waals surface area contributed by atoms with Gasteiger partial charge in [0.25, 0.3) is 0 Å². The molecule has 2 aromatic carbocycles. The second kappa shape index (κ2) is 6.24. The molecule has 2 heterocycles. The summed E-state index contributed by atoms with van der Waals surface area (Å²) in [6.45, 7) is 1.81. The number of rotatable bonds is 4. The number of nitrogens with one attached hydrogen (secondary N) is 1. The zero-order valence-electron chi connectivity index (χ0n) is 13.6. The molecule has 0 spiro atoms. The van der Waals surface area contributed by atoms with Crippen molar-refractivity contribution in [3.8, 4) is 11.5 Å². The van der Waals surface area contributed by atoms with E-state index in [9.17, 15) is 4.79 Å². The molecule has 0 saturated carbocycles. The predicted octanol–water partition coefficient (Wildman–Crippen LogP) is 3.31. The summed E-state index contributed by atoms with van der Waals surface area (Å²) in [7, 11) is 0. The Morgan fingerprint density at radius 1 is 1.12 bits per heavy atom. The fourth-order valence-corrected chi connectivity index (χ4v) is 2.67. The lowest BCUT2D eigenvalue weighted by atomic mass is 10.2. The van der Waals surface area contributed by atoms with E-state index in [1.807, 2.05) is 61.5 Å². The summed E-state index contributed by atoms with van der Waals surface area (Å²) in [6, 6.07) is 17.2. The van der Waals surface area contributed by atoms with Gasteiger partial charge < -0.3 is 4.42 Å². The second-order valence-electron chi connectivity index (χ2n) is 5.70. The van der Waals surface area contributed by atoms with Crippen molar-refractivity contribution in [3.05, 3.63) is 72.4 Å². The number of aryl methyl sites for hydroxylation is 1. The van der Waals surface area contributed by atoms with Crippen molar-refractivity contribution in [1.29, 1.82) is 0 Å². The first-order chi connectivity index (χ1) is 12.2. The minimum absolute atomic E-state index is 0.134. The predicted molar refractivity (Wildman–Crippen MR) is 94.5 cm³/mol. The van der Waals surface area contributed by atoms with Gasteiger partial charge in [0, 0.05) is 5.56 Å². The van der Waals surface area contributed by atoms with Gasteiger partial charge in [-0.2, -0.15) is 0 Å². The molecule has 0 aliphatic carbocycles. The first kappa shape index (κ1) is 15.1. The van der Waals surface area contributed by atoms with E-state index >= 15 is 0 Å². The van der Waals surface area contributed by atoms with Crippen LogP contribution in [0.4, 0.5) is 0 Å². The number of hydrogen-bond acceptors (Lipinski definition) is 4. The van der Waals surface area contributed by atoms with E-state index in [1.54, 1.807) is 11.0 Å². The van der Waals surface area contributed by atoms with Gasteiger partial charge in [0.15, 0.2) is 0 Å². The molecule has 25 heavy (non-hydrogen) atoms. The van der Waals surface area contributed by atoms with E-state index in [1.165, 1.54) is 0 Å². The van der Waals surface area contributed by atoms with Gasteiger partial charge in [-0.15, -0.1) is 0 Å². The van der Waals surface area contributed by atoms with Crippen LogP contribution in [0.25, 0.3) is 22.5 Å². The molecule has 4 rings (SSSR count). The number of carbonyl (C=O) groups is 1. The van der Waals surface area contributed by atoms with E-state index in [0.29, 0.717) is 17.3 Å². The highest BCUT2D eigenvalue weighted by Gasteiger charge is 2.15. The maximum Gasteiger partial charge on any atom is 0.244 e. The van der Waals surface area contributed by atoms with Crippen LogP contribution in [0.2, 0.25) is 0 Å². The zero-order chi connectivity index (χ0) is 17.2. The molecule has 0 aliphatic rings. The summed E-state index contributed by atoms with van der Waals surface area (Å²) in [5, 5.41) is 0. The average Bonchev–Trinajstić information content (AvgIpc) is 3.20. The maximum absolute atomic E-state index is 12.4. The summed E-state index contributed by atoms with van der Waals surface area (Å²) >= 11 is 0. The lowest BCUT2D eigenvalue weighted by molar-refractivity contribution is -0.116. The van der Waals surface area contributed by atoms with Crippen molar-refractivity contribution < 1.29 is 9.21 Å². The van der Waals surface area contributed by atoms with Crippen LogP contribution in [-0.2, 0) is 11.2 Å². The van der Waals surface area contributed by atoms with Crippen molar-refractivity contribution >= 4 is 16.9 Å². The molecular weight excluding hydrogens is 316 g/mol. The monoisotopic (exact) mass is 332 g/mol. The number of para-hydroxylation sites is 2. The summed E-state index contributed by atoms with van der Waals surface area (Å²) < 4.78 is 7.31. The van der Waals surface area contributed by atoms with Gasteiger partial charge in [-0.1, -0.05) is 30.3 Å². The molecule has 0 saturated heterocycles. The topological polar surface area (TPSA) is 73.0 Å². The Morgan fingerprint density at radius 2 is 1.88 bits per heavy atom. The lowest BCUT2D eigenvalue weighted by Crippen LogP contribution is -2.24. The Morgan fingerprint density at radius 3 is 2.72 bits per heavy atom. The van der Waals surface area contributed by atoms with Crippen molar-refractivity contribution in [2.45, 2.75) is 13.3 Å². The summed E-state index contributed by atoms with van der Waals surface area (Å²) in [4.78, 5) is 21.1. The third kappa shape index (κ3) is 3.01. The number of hydrogen-bond donors (Lipinski definition) is 1. The highest BCUT2D eigenvalue weighted by molar-refractivity contribution is 5.88. The minimum Gasteiger partial charge on any atom is -0.441 e. The Labute approximate surface area is 144 Å². The van der Waals surface area contributed by atoms with E-state index in [4.69, 9.17) is 4.42 Å². The molecule has 0 atom stereocenters. The molecule has 2 aromatic heterocycles. The fraction of sp³-hybridized carbons (Fsp3) is 0.105. The van der Waals surface area contributed by atoms with Gasteiger partial charge in [0.1, 0.15) is 12.1 Å². The van der Waals surface area contributed by atoms with Crippen LogP contribution in [0, 0.1) is 6.92 Å². The normalized spacial score (nSPS) is 10.9. The highest BCUT2D eigenvalue weighted by atomic mass is 16.4. The molecule has 0 aliphatic heterocycles. The largest absolute Gasteiger partial charge is 0.441 e. The van der Waals surface area contributed by atoms with Gasteiger partial charge >= 0.3 is 0 Å². The molecule has 0 bridgehead atoms. The average molecular weight is 332 g/mol. The SMILES string of the molecule is Cc1oc(-c2ccccc2)nc1CC(=O)Nn1cnc2ccccc21. The van der Waals surface area contributed by atoms with E-state index in [-0.39, 0.29) is 12.3 Å². The van der Waals surface area contributed by atoms with Gasteiger partial charge in [-0.25, -0.2) is 14.6 Å². The van der Waals surface area contributed by atoms with Crippen molar-refractivity contribution in [2.24, 2.45) is 0 Å². The number of fused-ring (bicyclic) bond motifs is 1. The Bertz CT molecular complexity index is 1030. The molecule has 6 nitrogen and oxygen atoms in total. The van der Waals surface area contributed by atoms with Gasteiger partial charge in [0.2, 0.25) is 11.8 Å². The second-order valence-corrected chi connectivity index (χ2v) is 5.70. The van der Waals surface area contributed by atoms with Crippen LogP contribution < -0.4 is 5.43 Å². The smallest absolute Gasteiger partial charge is 0.244 e. The Hall–Kier alpha value is -3.41. The van der Waals surface area contributed by atoms with Gasteiger partial charge in [-0.3, -0.25) is 10.2 Å².